The van der Waals surface area contributed by atoms with E-state index in [1.807, 2.05) is 0 Å². The fourth-order valence-corrected chi connectivity index (χ4v) is 2.99. The molecule has 0 bridgehead atoms. The van der Waals surface area contributed by atoms with Crippen LogP contribution in [0.1, 0.15) is 33.1 Å². The molecule has 17 heavy (non-hydrogen) atoms. The lowest BCUT2D eigenvalue weighted by Gasteiger charge is -2.25. The minimum atomic E-state index is -3.23. The molecule has 102 valence electrons. The van der Waals surface area contributed by atoms with Crippen LogP contribution in [0.4, 0.5) is 0 Å². The first-order chi connectivity index (χ1) is 8.06. The summed E-state index contributed by atoms with van der Waals surface area (Å²) in [5.74, 6) is 0. The van der Waals surface area contributed by atoms with Crippen LogP contribution in [0.2, 0.25) is 0 Å². The predicted molar refractivity (Wildman–Crippen MR) is 68.5 cm³/mol. The summed E-state index contributed by atoms with van der Waals surface area (Å²) in [6.45, 7) is 6.38. The summed E-state index contributed by atoms with van der Waals surface area (Å²) in [4.78, 5) is 0. The van der Waals surface area contributed by atoms with Crippen LogP contribution in [-0.2, 0) is 14.8 Å². The predicted octanol–water partition coefficient (Wildman–Crippen LogP) is 0.473. The van der Waals surface area contributed by atoms with Crippen LogP contribution < -0.4 is 10.0 Å². The second kappa shape index (κ2) is 7.31. The molecule has 6 heteroatoms. The second-order valence-corrected chi connectivity index (χ2v) is 6.72. The van der Waals surface area contributed by atoms with Crippen LogP contribution in [0.15, 0.2) is 0 Å². The maximum Gasteiger partial charge on any atom is 0.215 e. The van der Waals surface area contributed by atoms with Crippen LogP contribution in [0, 0.1) is 0 Å². The molecular weight excluding hydrogens is 240 g/mol. The van der Waals surface area contributed by atoms with Gasteiger partial charge in [0.05, 0.1) is 11.9 Å². The van der Waals surface area contributed by atoms with Crippen molar-refractivity contribution in [1.29, 1.82) is 0 Å². The third kappa shape index (κ3) is 5.33. The maximum atomic E-state index is 12.0. The summed E-state index contributed by atoms with van der Waals surface area (Å²) >= 11 is 0. The van der Waals surface area contributed by atoms with Crippen molar-refractivity contribution < 1.29 is 13.2 Å². The molecule has 1 aliphatic rings. The second-order valence-electron chi connectivity index (χ2n) is 4.59. The highest BCUT2D eigenvalue weighted by Crippen LogP contribution is 2.08. The van der Waals surface area contributed by atoms with E-state index in [4.69, 9.17) is 4.74 Å². The molecule has 1 aliphatic heterocycles. The minimum Gasteiger partial charge on any atom is -0.380 e. The molecule has 0 saturated carbocycles. The van der Waals surface area contributed by atoms with Crippen molar-refractivity contribution in [3.63, 3.8) is 0 Å². The standard InChI is InChI=1S/C11H24N2O3S/c1-3-6-12-8-10(2)17(14,15)13-11-5-4-7-16-9-11/h10-13H,3-9H2,1-2H3. The van der Waals surface area contributed by atoms with Crippen LogP contribution in [0.3, 0.4) is 0 Å². The van der Waals surface area contributed by atoms with E-state index < -0.39 is 15.3 Å². The highest BCUT2D eigenvalue weighted by atomic mass is 32.2. The average molecular weight is 264 g/mol. The molecule has 2 unspecified atom stereocenters. The van der Waals surface area contributed by atoms with Gasteiger partial charge in [-0.15, -0.1) is 0 Å². The van der Waals surface area contributed by atoms with Gasteiger partial charge in [-0.1, -0.05) is 6.92 Å². The van der Waals surface area contributed by atoms with Gasteiger partial charge in [-0.05, 0) is 32.7 Å². The molecule has 0 aromatic heterocycles. The van der Waals surface area contributed by atoms with Crippen molar-refractivity contribution >= 4 is 10.0 Å². The van der Waals surface area contributed by atoms with Gasteiger partial charge in [0.25, 0.3) is 0 Å². The number of nitrogens with one attached hydrogen (secondary N) is 2. The van der Waals surface area contributed by atoms with Crippen LogP contribution >= 0.6 is 0 Å². The van der Waals surface area contributed by atoms with Gasteiger partial charge in [0, 0.05) is 19.2 Å². The van der Waals surface area contributed by atoms with E-state index in [0.717, 1.165) is 32.4 Å². The van der Waals surface area contributed by atoms with Gasteiger partial charge < -0.3 is 10.1 Å². The van der Waals surface area contributed by atoms with Crippen molar-refractivity contribution in [3.05, 3.63) is 0 Å². The molecule has 5 nitrogen and oxygen atoms in total. The summed E-state index contributed by atoms with van der Waals surface area (Å²) in [7, 11) is -3.23. The zero-order valence-corrected chi connectivity index (χ0v) is 11.6. The largest absolute Gasteiger partial charge is 0.380 e. The van der Waals surface area contributed by atoms with Crippen LogP contribution in [-0.4, -0.2) is 46.0 Å². The molecule has 0 radical (unpaired) electrons. The maximum absolute atomic E-state index is 12.0. The number of sulfonamides is 1. The molecule has 0 spiro atoms. The van der Waals surface area contributed by atoms with Gasteiger partial charge in [0.15, 0.2) is 0 Å². The SMILES string of the molecule is CCCNCC(C)S(=O)(=O)NC1CCCOC1. The molecule has 1 fully saturated rings. The summed E-state index contributed by atoms with van der Waals surface area (Å²) in [5.41, 5.74) is 0. The lowest BCUT2D eigenvalue weighted by molar-refractivity contribution is 0.0773. The molecule has 0 aliphatic carbocycles. The van der Waals surface area contributed by atoms with Gasteiger partial charge in [-0.25, -0.2) is 13.1 Å². The van der Waals surface area contributed by atoms with E-state index in [1.165, 1.54) is 0 Å². The Morgan fingerprint density at radius 3 is 2.82 bits per heavy atom. The van der Waals surface area contributed by atoms with E-state index >= 15 is 0 Å². The lowest BCUT2D eigenvalue weighted by Crippen LogP contribution is -2.46. The topological polar surface area (TPSA) is 67.4 Å². The minimum absolute atomic E-state index is 0.0534. The zero-order valence-electron chi connectivity index (χ0n) is 10.7. The van der Waals surface area contributed by atoms with Gasteiger partial charge in [0.2, 0.25) is 10.0 Å². The molecule has 0 aromatic rings. The number of hydrogen-bond acceptors (Lipinski definition) is 4. The number of ether oxygens (including phenoxy) is 1. The van der Waals surface area contributed by atoms with Gasteiger partial charge >= 0.3 is 0 Å². The van der Waals surface area contributed by atoms with Gasteiger partial charge in [-0.3, -0.25) is 0 Å². The summed E-state index contributed by atoms with van der Waals surface area (Å²) in [6.07, 6.45) is 2.81. The number of hydrogen-bond donors (Lipinski definition) is 2. The molecule has 1 rings (SSSR count). The van der Waals surface area contributed by atoms with Crippen LogP contribution in [0.25, 0.3) is 0 Å². The van der Waals surface area contributed by atoms with Crippen molar-refractivity contribution in [2.45, 2.75) is 44.4 Å². The third-order valence-corrected chi connectivity index (χ3v) is 4.77. The summed E-state index contributed by atoms with van der Waals surface area (Å²) in [5, 5.41) is 2.72. The Kier molecular flexibility index (Phi) is 6.40. The zero-order chi connectivity index (χ0) is 12.7. The molecule has 1 saturated heterocycles. The first kappa shape index (κ1) is 14.9. The van der Waals surface area contributed by atoms with Crippen molar-refractivity contribution in [3.8, 4) is 0 Å². The molecule has 0 amide bonds. The van der Waals surface area contributed by atoms with E-state index in [2.05, 4.69) is 17.0 Å². The van der Waals surface area contributed by atoms with Crippen molar-refractivity contribution in [2.75, 3.05) is 26.3 Å². The Bertz CT molecular complexity index is 300. The fourth-order valence-electron chi connectivity index (χ4n) is 1.77. The Hall–Kier alpha value is -0.170. The molecule has 0 aromatic carbocycles. The van der Waals surface area contributed by atoms with E-state index in [9.17, 15) is 8.42 Å². The molecule has 1 heterocycles. The Morgan fingerprint density at radius 2 is 2.24 bits per heavy atom. The van der Waals surface area contributed by atoms with Crippen molar-refractivity contribution in [2.24, 2.45) is 0 Å². The normalized spacial score (nSPS) is 23.5. The summed E-state index contributed by atoms with van der Waals surface area (Å²) in [6, 6.07) is -0.0534. The first-order valence-corrected chi connectivity index (χ1v) is 7.90. The Morgan fingerprint density at radius 1 is 1.47 bits per heavy atom. The highest BCUT2D eigenvalue weighted by molar-refractivity contribution is 7.90. The summed E-state index contributed by atoms with van der Waals surface area (Å²) < 4.78 is 32.0. The van der Waals surface area contributed by atoms with E-state index in [-0.39, 0.29) is 6.04 Å². The van der Waals surface area contributed by atoms with E-state index in [0.29, 0.717) is 13.2 Å². The first-order valence-electron chi connectivity index (χ1n) is 6.36. The quantitative estimate of drug-likeness (QED) is 0.656. The Labute approximate surface area is 104 Å². The fraction of sp³-hybridized carbons (Fsp3) is 1.00. The molecule has 2 atom stereocenters. The number of rotatable bonds is 7. The molecule has 2 N–H and O–H groups in total. The Balaban J connectivity index is 2.37. The van der Waals surface area contributed by atoms with Gasteiger partial charge in [-0.2, -0.15) is 0 Å². The van der Waals surface area contributed by atoms with E-state index in [1.54, 1.807) is 6.92 Å². The monoisotopic (exact) mass is 264 g/mol. The molecular formula is C11H24N2O3S. The third-order valence-electron chi connectivity index (χ3n) is 2.88. The van der Waals surface area contributed by atoms with Crippen molar-refractivity contribution in [1.82, 2.24) is 10.0 Å². The lowest BCUT2D eigenvalue weighted by atomic mass is 10.1. The van der Waals surface area contributed by atoms with Crippen LogP contribution in [0.5, 0.6) is 0 Å². The highest BCUT2D eigenvalue weighted by Gasteiger charge is 2.25. The van der Waals surface area contributed by atoms with Gasteiger partial charge in [0.1, 0.15) is 0 Å². The smallest absolute Gasteiger partial charge is 0.215 e. The average Bonchev–Trinajstić information content (AvgIpc) is 2.30.